The van der Waals surface area contributed by atoms with Gasteiger partial charge in [-0.2, -0.15) is 5.26 Å². The Kier molecular flexibility index (Phi) is 2.04. The third-order valence-electron chi connectivity index (χ3n) is 0.918. The molecule has 0 unspecified atom stereocenters. The van der Waals surface area contributed by atoms with Crippen molar-refractivity contribution in [3.8, 4) is 17.9 Å². The topological polar surface area (TPSA) is 75.6 Å². The molecule has 52 valence electrons. The van der Waals surface area contributed by atoms with Gasteiger partial charge in [-0.1, -0.05) is 0 Å². The van der Waals surface area contributed by atoms with Gasteiger partial charge in [0.2, 0.25) is 0 Å². The lowest BCUT2D eigenvalue weighted by atomic mass is 10.4. The van der Waals surface area contributed by atoms with E-state index in [1.807, 2.05) is 0 Å². The van der Waals surface area contributed by atoms with E-state index >= 15 is 0 Å². The van der Waals surface area contributed by atoms with Gasteiger partial charge in [0.05, 0.1) is 12.4 Å². The van der Waals surface area contributed by atoms with Crippen LogP contribution in [0, 0.1) is 23.2 Å². The van der Waals surface area contributed by atoms with E-state index in [1.54, 1.807) is 6.07 Å². The zero-order chi connectivity index (χ0) is 8.10. The maximum atomic E-state index is 8.09. The largest absolute Gasteiger partial charge is 0.382 e. The van der Waals surface area contributed by atoms with E-state index in [-0.39, 0.29) is 0 Å². The number of anilines is 1. The molecule has 2 N–H and O–H groups in total. The molecule has 0 amide bonds. The fraction of sp³-hybridized carbons (Fsp3) is 0. The first-order valence-electron chi connectivity index (χ1n) is 2.80. The number of rotatable bonds is 0. The molecule has 4 heteroatoms. The molecule has 0 aliphatic rings. The summed E-state index contributed by atoms with van der Waals surface area (Å²) in [5, 5.41) is 8.09. The van der Waals surface area contributed by atoms with Crippen LogP contribution >= 0.6 is 0 Å². The van der Waals surface area contributed by atoms with Crippen LogP contribution in [0.15, 0.2) is 12.4 Å². The van der Waals surface area contributed by atoms with E-state index in [0.29, 0.717) is 11.5 Å². The number of nitriles is 1. The maximum Gasteiger partial charge on any atom is 0.152 e. The predicted octanol–water partition coefficient (Wildman–Crippen LogP) is -0.0661. The fourth-order valence-corrected chi connectivity index (χ4v) is 0.495. The lowest BCUT2D eigenvalue weighted by Crippen LogP contribution is -1.91. The lowest BCUT2D eigenvalue weighted by Gasteiger charge is -1.88. The lowest BCUT2D eigenvalue weighted by molar-refractivity contribution is 1.18. The van der Waals surface area contributed by atoms with Gasteiger partial charge in [-0.05, 0) is 5.92 Å². The Bertz CT molecular complexity index is 335. The van der Waals surface area contributed by atoms with Crippen molar-refractivity contribution < 1.29 is 0 Å². The Hall–Kier alpha value is -2.07. The normalized spacial score (nSPS) is 7.55. The van der Waals surface area contributed by atoms with Gasteiger partial charge in [0.25, 0.3) is 0 Å². The monoisotopic (exact) mass is 144 g/mol. The Morgan fingerprint density at radius 2 is 2.18 bits per heavy atom. The third-order valence-corrected chi connectivity index (χ3v) is 0.918. The average molecular weight is 144 g/mol. The minimum Gasteiger partial charge on any atom is -0.382 e. The van der Waals surface area contributed by atoms with Crippen LogP contribution in [0.2, 0.25) is 0 Å². The van der Waals surface area contributed by atoms with Gasteiger partial charge in [0.1, 0.15) is 11.5 Å². The van der Waals surface area contributed by atoms with Crippen molar-refractivity contribution in [1.82, 2.24) is 9.97 Å². The molecule has 0 radical (unpaired) electrons. The first kappa shape index (κ1) is 7.04. The molecule has 0 saturated heterocycles. The smallest absolute Gasteiger partial charge is 0.152 e. The van der Waals surface area contributed by atoms with E-state index in [2.05, 4.69) is 21.8 Å². The standard InChI is InChI=1S/C7H4N4/c8-3-1-2-6-4-11-7(9)5-10-6/h4-5H,(H2,9,11). The van der Waals surface area contributed by atoms with Gasteiger partial charge in [-0.3, -0.25) is 0 Å². The summed E-state index contributed by atoms with van der Waals surface area (Å²) in [6.45, 7) is 0. The van der Waals surface area contributed by atoms with Crippen LogP contribution in [0.25, 0.3) is 0 Å². The Morgan fingerprint density at radius 3 is 2.73 bits per heavy atom. The molecule has 1 rings (SSSR count). The summed E-state index contributed by atoms with van der Waals surface area (Å²) >= 11 is 0. The number of hydrogen-bond acceptors (Lipinski definition) is 4. The number of hydrogen-bond donors (Lipinski definition) is 1. The van der Waals surface area contributed by atoms with Crippen molar-refractivity contribution in [2.75, 3.05) is 5.73 Å². The van der Waals surface area contributed by atoms with Crippen molar-refractivity contribution >= 4 is 5.82 Å². The van der Waals surface area contributed by atoms with Crippen molar-refractivity contribution in [2.24, 2.45) is 0 Å². The fourth-order valence-electron chi connectivity index (χ4n) is 0.495. The van der Waals surface area contributed by atoms with Gasteiger partial charge >= 0.3 is 0 Å². The zero-order valence-corrected chi connectivity index (χ0v) is 5.57. The predicted molar refractivity (Wildman–Crippen MR) is 38.9 cm³/mol. The van der Waals surface area contributed by atoms with Crippen LogP contribution in [0.4, 0.5) is 5.82 Å². The van der Waals surface area contributed by atoms with Crippen LogP contribution in [0.3, 0.4) is 0 Å². The Balaban J connectivity index is 2.93. The molecule has 0 aliphatic heterocycles. The molecule has 0 spiro atoms. The van der Waals surface area contributed by atoms with Crippen LogP contribution in [-0.2, 0) is 0 Å². The second kappa shape index (κ2) is 3.19. The molecule has 4 nitrogen and oxygen atoms in total. The second-order valence-electron chi connectivity index (χ2n) is 1.69. The van der Waals surface area contributed by atoms with E-state index < -0.39 is 0 Å². The van der Waals surface area contributed by atoms with Crippen LogP contribution in [-0.4, -0.2) is 9.97 Å². The minimum atomic E-state index is 0.340. The summed E-state index contributed by atoms with van der Waals surface area (Å²) in [5.41, 5.74) is 5.71. The van der Waals surface area contributed by atoms with Gasteiger partial charge in [0, 0.05) is 5.92 Å². The third kappa shape index (κ3) is 1.96. The number of nitrogens with zero attached hydrogens (tertiary/aromatic N) is 3. The first-order chi connectivity index (χ1) is 5.33. The second-order valence-corrected chi connectivity index (χ2v) is 1.69. The number of nitrogens with two attached hydrogens (primary N) is 1. The molecular weight excluding hydrogens is 140 g/mol. The van der Waals surface area contributed by atoms with Crippen LogP contribution < -0.4 is 5.73 Å². The zero-order valence-electron chi connectivity index (χ0n) is 5.57. The summed E-state index contributed by atoms with van der Waals surface area (Å²) in [7, 11) is 0. The Morgan fingerprint density at radius 1 is 1.36 bits per heavy atom. The van der Waals surface area contributed by atoms with Gasteiger partial charge in [-0.15, -0.1) is 0 Å². The summed E-state index contributed by atoms with van der Waals surface area (Å²) in [6.07, 6.45) is 2.81. The van der Waals surface area contributed by atoms with Crippen LogP contribution in [0.1, 0.15) is 5.69 Å². The summed E-state index contributed by atoms with van der Waals surface area (Å²) in [6, 6.07) is 1.67. The highest BCUT2D eigenvalue weighted by Crippen LogP contribution is 1.92. The first-order valence-corrected chi connectivity index (χ1v) is 2.80. The molecule has 0 fully saturated rings. The van der Waals surface area contributed by atoms with Crippen molar-refractivity contribution in [3.05, 3.63) is 18.1 Å². The Labute approximate surface area is 63.7 Å². The molecule has 0 aliphatic carbocycles. The average Bonchev–Trinajstić information content (AvgIpc) is 2.04. The van der Waals surface area contributed by atoms with E-state index in [1.165, 1.54) is 12.4 Å². The number of aromatic nitrogens is 2. The molecule has 0 aromatic carbocycles. The van der Waals surface area contributed by atoms with Crippen LogP contribution in [0.5, 0.6) is 0 Å². The minimum absolute atomic E-state index is 0.340. The summed E-state index contributed by atoms with van der Waals surface area (Å²) in [5.74, 6) is 5.02. The van der Waals surface area contributed by atoms with Crippen molar-refractivity contribution in [2.45, 2.75) is 0 Å². The SMILES string of the molecule is N#CC#Cc1cnc(N)cn1. The molecule has 1 aromatic rings. The van der Waals surface area contributed by atoms with Crippen molar-refractivity contribution in [1.29, 1.82) is 5.26 Å². The van der Waals surface area contributed by atoms with E-state index in [4.69, 9.17) is 11.0 Å². The highest BCUT2D eigenvalue weighted by atomic mass is 14.9. The molecule has 11 heavy (non-hydrogen) atoms. The summed E-state index contributed by atoms with van der Waals surface area (Å²) in [4.78, 5) is 7.54. The van der Waals surface area contributed by atoms with Gasteiger partial charge < -0.3 is 5.73 Å². The highest BCUT2D eigenvalue weighted by Gasteiger charge is 1.87. The van der Waals surface area contributed by atoms with Gasteiger partial charge in [-0.25, -0.2) is 9.97 Å². The van der Waals surface area contributed by atoms with Crippen molar-refractivity contribution in [3.63, 3.8) is 0 Å². The molecule has 1 heterocycles. The number of nitrogen functional groups attached to an aromatic ring is 1. The molecule has 0 bridgehead atoms. The molecule has 0 atom stereocenters. The van der Waals surface area contributed by atoms with E-state index in [9.17, 15) is 0 Å². The molecule has 0 saturated carbocycles. The highest BCUT2D eigenvalue weighted by molar-refractivity contribution is 5.33. The maximum absolute atomic E-state index is 8.09. The molecular formula is C7H4N4. The quantitative estimate of drug-likeness (QED) is 0.517. The van der Waals surface area contributed by atoms with E-state index in [0.717, 1.165) is 0 Å². The van der Waals surface area contributed by atoms with Gasteiger partial charge in [0.15, 0.2) is 6.07 Å². The summed E-state index contributed by atoms with van der Waals surface area (Å²) < 4.78 is 0. The molecule has 1 aromatic heterocycles.